The van der Waals surface area contributed by atoms with E-state index in [1.807, 2.05) is 6.92 Å². The first-order valence-electron chi connectivity index (χ1n) is 4.79. The van der Waals surface area contributed by atoms with Crippen LogP contribution in [0.1, 0.15) is 17.2 Å². The van der Waals surface area contributed by atoms with E-state index in [0.717, 1.165) is 5.56 Å². The molecule has 5 heteroatoms. The minimum absolute atomic E-state index is 0.0969. The zero-order valence-corrected chi connectivity index (χ0v) is 9.02. The van der Waals surface area contributed by atoms with Gasteiger partial charge in [-0.3, -0.25) is 0 Å². The van der Waals surface area contributed by atoms with Crippen molar-refractivity contribution in [2.45, 2.75) is 13.0 Å². The van der Waals surface area contributed by atoms with E-state index < -0.39 is 12.1 Å². The van der Waals surface area contributed by atoms with Crippen LogP contribution >= 0.6 is 0 Å². The molecule has 16 heavy (non-hydrogen) atoms. The molecule has 5 nitrogen and oxygen atoms in total. The Balaban J connectivity index is 2.44. The van der Waals surface area contributed by atoms with Crippen LogP contribution in [0.4, 0.5) is 0 Å². The Morgan fingerprint density at radius 3 is 2.94 bits per heavy atom. The molecule has 1 atom stereocenters. The van der Waals surface area contributed by atoms with Gasteiger partial charge in [0, 0.05) is 5.56 Å². The van der Waals surface area contributed by atoms with Gasteiger partial charge in [-0.2, -0.15) is 0 Å². The van der Waals surface area contributed by atoms with Gasteiger partial charge in [0.05, 0.1) is 7.11 Å². The average Bonchev–Trinajstić information content (AvgIpc) is 2.73. The van der Waals surface area contributed by atoms with Crippen LogP contribution in [0, 0.1) is 6.92 Å². The molecule has 1 aromatic rings. The van der Waals surface area contributed by atoms with Crippen molar-refractivity contribution in [3.8, 4) is 11.5 Å². The third-order valence-corrected chi connectivity index (χ3v) is 2.36. The van der Waals surface area contributed by atoms with E-state index in [0.29, 0.717) is 17.1 Å². The van der Waals surface area contributed by atoms with E-state index in [2.05, 4.69) is 4.74 Å². The van der Waals surface area contributed by atoms with Gasteiger partial charge in [-0.1, -0.05) is 0 Å². The summed E-state index contributed by atoms with van der Waals surface area (Å²) in [5.74, 6) is 0.227. The number of fused-ring (bicyclic) bond motifs is 1. The van der Waals surface area contributed by atoms with Crippen molar-refractivity contribution in [1.82, 2.24) is 0 Å². The van der Waals surface area contributed by atoms with Crippen LogP contribution < -0.4 is 9.47 Å². The molecule has 0 saturated carbocycles. The number of aliphatic hydroxyl groups is 1. The summed E-state index contributed by atoms with van der Waals surface area (Å²) in [4.78, 5) is 11.3. The molecule has 1 unspecified atom stereocenters. The largest absolute Gasteiger partial charge is 0.467 e. The first-order valence-corrected chi connectivity index (χ1v) is 4.79. The minimum atomic E-state index is -1.35. The van der Waals surface area contributed by atoms with Crippen LogP contribution in [0.15, 0.2) is 12.1 Å². The Morgan fingerprint density at radius 2 is 2.25 bits per heavy atom. The van der Waals surface area contributed by atoms with E-state index in [4.69, 9.17) is 9.47 Å². The molecule has 0 aliphatic carbocycles. The normalized spacial score (nSPS) is 14.7. The molecular weight excluding hydrogens is 212 g/mol. The first-order chi connectivity index (χ1) is 7.63. The van der Waals surface area contributed by atoms with Gasteiger partial charge < -0.3 is 19.3 Å². The highest BCUT2D eigenvalue weighted by Crippen LogP contribution is 2.39. The lowest BCUT2D eigenvalue weighted by Crippen LogP contribution is -2.14. The number of hydrogen-bond donors (Lipinski definition) is 1. The van der Waals surface area contributed by atoms with Gasteiger partial charge in [-0.05, 0) is 24.6 Å². The molecule has 0 fully saturated rings. The molecule has 1 aliphatic rings. The van der Waals surface area contributed by atoms with Crippen molar-refractivity contribution in [2.75, 3.05) is 13.9 Å². The molecule has 0 spiro atoms. The fourth-order valence-corrected chi connectivity index (χ4v) is 1.62. The highest BCUT2D eigenvalue weighted by Gasteiger charge is 2.27. The number of rotatable bonds is 2. The molecule has 86 valence electrons. The third kappa shape index (κ3) is 1.69. The average molecular weight is 224 g/mol. The van der Waals surface area contributed by atoms with Crippen molar-refractivity contribution in [3.05, 3.63) is 23.3 Å². The topological polar surface area (TPSA) is 65.0 Å². The van der Waals surface area contributed by atoms with Crippen LogP contribution in [-0.4, -0.2) is 25.0 Å². The van der Waals surface area contributed by atoms with Gasteiger partial charge in [-0.25, -0.2) is 4.79 Å². The van der Waals surface area contributed by atoms with E-state index in [1.54, 1.807) is 12.1 Å². The van der Waals surface area contributed by atoms with Crippen molar-refractivity contribution < 1.29 is 24.1 Å². The number of carbonyl (C=O) groups is 1. The van der Waals surface area contributed by atoms with E-state index in [9.17, 15) is 9.90 Å². The molecule has 1 heterocycles. The van der Waals surface area contributed by atoms with Crippen LogP contribution in [0.5, 0.6) is 11.5 Å². The predicted octanol–water partition coefficient (Wildman–Crippen LogP) is 0.930. The number of methoxy groups -OCH3 is 1. The monoisotopic (exact) mass is 224 g/mol. The Labute approximate surface area is 92.5 Å². The summed E-state index contributed by atoms with van der Waals surface area (Å²) in [7, 11) is 1.22. The van der Waals surface area contributed by atoms with Crippen LogP contribution in [-0.2, 0) is 9.53 Å². The number of carbonyl (C=O) groups excluding carboxylic acids is 1. The smallest absolute Gasteiger partial charge is 0.339 e. The number of ether oxygens (including phenoxy) is 3. The van der Waals surface area contributed by atoms with Crippen molar-refractivity contribution in [1.29, 1.82) is 0 Å². The summed E-state index contributed by atoms with van der Waals surface area (Å²) in [5.41, 5.74) is 1.25. The maximum atomic E-state index is 11.3. The highest BCUT2D eigenvalue weighted by atomic mass is 16.7. The predicted molar refractivity (Wildman–Crippen MR) is 54.3 cm³/mol. The second-order valence-electron chi connectivity index (χ2n) is 3.51. The SMILES string of the molecule is COC(=O)C(O)c1cc(C)cc2c1OCO2. The number of esters is 1. The van der Waals surface area contributed by atoms with E-state index in [-0.39, 0.29) is 6.79 Å². The van der Waals surface area contributed by atoms with Crippen LogP contribution in [0.3, 0.4) is 0 Å². The molecule has 1 N–H and O–H groups in total. The molecule has 1 aliphatic heterocycles. The van der Waals surface area contributed by atoms with Gasteiger partial charge in [0.1, 0.15) is 0 Å². The fraction of sp³-hybridized carbons (Fsp3) is 0.364. The Morgan fingerprint density at radius 1 is 1.50 bits per heavy atom. The van der Waals surface area contributed by atoms with Gasteiger partial charge in [0.15, 0.2) is 17.6 Å². The van der Waals surface area contributed by atoms with Gasteiger partial charge >= 0.3 is 5.97 Å². The molecule has 1 aromatic carbocycles. The maximum Gasteiger partial charge on any atom is 0.339 e. The minimum Gasteiger partial charge on any atom is -0.467 e. The zero-order chi connectivity index (χ0) is 11.7. The summed E-state index contributed by atoms with van der Waals surface area (Å²) in [5, 5.41) is 9.77. The fourth-order valence-electron chi connectivity index (χ4n) is 1.62. The molecular formula is C11H12O5. The lowest BCUT2D eigenvalue weighted by Gasteiger charge is -2.12. The summed E-state index contributed by atoms with van der Waals surface area (Å²) in [6, 6.07) is 3.46. The Bertz CT molecular complexity index is 427. The number of hydrogen-bond acceptors (Lipinski definition) is 5. The molecule has 0 bridgehead atoms. The number of aliphatic hydroxyl groups excluding tert-OH is 1. The van der Waals surface area contributed by atoms with Gasteiger partial charge in [0.25, 0.3) is 0 Å². The van der Waals surface area contributed by atoms with Gasteiger partial charge in [-0.15, -0.1) is 0 Å². The van der Waals surface area contributed by atoms with Crippen molar-refractivity contribution in [3.63, 3.8) is 0 Å². The summed E-state index contributed by atoms with van der Waals surface area (Å²) < 4.78 is 14.9. The molecule has 2 rings (SSSR count). The molecule has 0 amide bonds. The third-order valence-electron chi connectivity index (χ3n) is 2.36. The summed E-state index contributed by atoms with van der Waals surface area (Å²) in [6.07, 6.45) is -1.35. The van der Waals surface area contributed by atoms with Crippen LogP contribution in [0.2, 0.25) is 0 Å². The van der Waals surface area contributed by atoms with E-state index in [1.165, 1.54) is 7.11 Å². The first kappa shape index (κ1) is 10.8. The van der Waals surface area contributed by atoms with Crippen LogP contribution in [0.25, 0.3) is 0 Å². The lowest BCUT2D eigenvalue weighted by molar-refractivity contribution is -0.150. The maximum absolute atomic E-state index is 11.3. The quantitative estimate of drug-likeness (QED) is 0.757. The molecule has 0 aromatic heterocycles. The highest BCUT2D eigenvalue weighted by molar-refractivity contribution is 5.78. The number of aryl methyl sites for hydroxylation is 1. The van der Waals surface area contributed by atoms with Crippen molar-refractivity contribution in [2.24, 2.45) is 0 Å². The Hall–Kier alpha value is -1.75. The molecule has 0 radical (unpaired) electrons. The summed E-state index contributed by atoms with van der Waals surface area (Å²) in [6.45, 7) is 1.94. The number of benzene rings is 1. The van der Waals surface area contributed by atoms with E-state index >= 15 is 0 Å². The standard InChI is InChI=1S/C11H12O5/c1-6-3-7(9(12)11(13)14-2)10-8(4-6)15-5-16-10/h3-4,9,12H,5H2,1-2H3. The van der Waals surface area contributed by atoms with Crippen molar-refractivity contribution >= 4 is 5.97 Å². The Kier molecular flexibility index (Phi) is 2.70. The summed E-state index contributed by atoms with van der Waals surface area (Å²) >= 11 is 0. The van der Waals surface area contributed by atoms with Gasteiger partial charge in [0.2, 0.25) is 6.79 Å². The lowest BCUT2D eigenvalue weighted by atomic mass is 10.0. The second kappa shape index (κ2) is 4.02. The molecule has 0 saturated heterocycles. The zero-order valence-electron chi connectivity index (χ0n) is 9.02. The second-order valence-corrected chi connectivity index (χ2v) is 3.51.